The van der Waals surface area contributed by atoms with Crippen molar-refractivity contribution < 1.29 is 19.0 Å². The maximum absolute atomic E-state index is 12.4. The van der Waals surface area contributed by atoms with E-state index < -0.39 is 5.79 Å². The van der Waals surface area contributed by atoms with Crippen molar-refractivity contribution in [1.82, 2.24) is 0 Å². The third kappa shape index (κ3) is 0.596. The molecular formula is C14H15BrO4. The molecule has 7 fully saturated rings. The van der Waals surface area contributed by atoms with Gasteiger partial charge in [-0.15, -0.1) is 0 Å². The monoisotopic (exact) mass is 326 g/mol. The van der Waals surface area contributed by atoms with Gasteiger partial charge in [-0.2, -0.15) is 0 Å². The largest absolute Gasteiger partial charge is 0.466 e. The van der Waals surface area contributed by atoms with Gasteiger partial charge in [-0.25, -0.2) is 0 Å². The van der Waals surface area contributed by atoms with Crippen LogP contribution in [0.3, 0.4) is 0 Å². The highest BCUT2D eigenvalue weighted by Crippen LogP contribution is 3.04. The highest BCUT2D eigenvalue weighted by Gasteiger charge is 3.10. The lowest BCUT2D eigenvalue weighted by molar-refractivity contribution is -0.422. The van der Waals surface area contributed by atoms with Gasteiger partial charge in [0.25, 0.3) is 0 Å². The highest BCUT2D eigenvalue weighted by molar-refractivity contribution is 9.10. The zero-order valence-corrected chi connectivity index (χ0v) is 12.2. The van der Waals surface area contributed by atoms with E-state index in [9.17, 15) is 4.79 Å². The van der Waals surface area contributed by atoms with E-state index in [4.69, 9.17) is 14.2 Å². The quantitative estimate of drug-likeness (QED) is 0.564. The molecule has 0 aromatic rings. The number of carbonyl (C=O) groups excluding carboxylic acids is 1. The molecule has 6 aliphatic carbocycles. The minimum atomic E-state index is -0.416. The van der Waals surface area contributed by atoms with E-state index in [1.165, 1.54) is 0 Å². The lowest BCUT2D eigenvalue weighted by atomic mass is 9.13. The molecule has 1 saturated heterocycles. The summed E-state index contributed by atoms with van der Waals surface area (Å²) >= 11 is 3.98. The summed E-state index contributed by atoms with van der Waals surface area (Å²) in [5.74, 6) is 2.67. The second-order valence-corrected chi connectivity index (χ2v) is 8.25. The summed E-state index contributed by atoms with van der Waals surface area (Å²) in [6.45, 7) is 3.77. The van der Waals surface area contributed by atoms with Crippen LogP contribution >= 0.6 is 15.9 Å². The van der Waals surface area contributed by atoms with Gasteiger partial charge in [0, 0.05) is 5.92 Å². The van der Waals surface area contributed by atoms with Crippen molar-refractivity contribution in [2.45, 2.75) is 17.0 Å². The molecule has 4 unspecified atom stereocenters. The summed E-state index contributed by atoms with van der Waals surface area (Å²) in [5, 5.41) is 0. The van der Waals surface area contributed by atoms with Crippen LogP contribution in [0.15, 0.2) is 0 Å². The fourth-order valence-electron chi connectivity index (χ4n) is 7.28. The van der Waals surface area contributed by atoms with Gasteiger partial charge in [-0.1, -0.05) is 15.9 Å². The van der Waals surface area contributed by atoms with Crippen LogP contribution in [0.2, 0.25) is 0 Å². The molecule has 8 atom stereocenters. The van der Waals surface area contributed by atoms with Crippen LogP contribution in [0.1, 0.15) is 6.92 Å². The number of hydrogen-bond acceptors (Lipinski definition) is 4. The SMILES string of the molecule is CCOC(=O)C12C3[C@@H]4[C@H]1C1[C@H]2[C@@H]3C4(Br)C12OCCO2. The molecule has 2 bridgehead atoms. The predicted octanol–water partition coefficient (Wildman–Crippen LogP) is 1.18. The van der Waals surface area contributed by atoms with Crippen LogP contribution in [0.25, 0.3) is 0 Å². The minimum absolute atomic E-state index is 0.00934. The topological polar surface area (TPSA) is 44.8 Å². The average Bonchev–Trinajstić information content (AvgIpc) is 2.89. The Hall–Kier alpha value is -0.130. The first kappa shape index (κ1) is 10.6. The Balaban J connectivity index is 1.47. The first-order chi connectivity index (χ1) is 9.17. The molecule has 1 aliphatic heterocycles. The van der Waals surface area contributed by atoms with Crippen LogP contribution < -0.4 is 0 Å². The van der Waals surface area contributed by atoms with E-state index in [0.717, 1.165) is 0 Å². The first-order valence-electron chi connectivity index (χ1n) is 7.31. The van der Waals surface area contributed by atoms with Gasteiger partial charge in [0.15, 0.2) is 5.79 Å². The van der Waals surface area contributed by atoms with E-state index >= 15 is 0 Å². The molecule has 5 heteroatoms. The van der Waals surface area contributed by atoms with Crippen LogP contribution in [0.4, 0.5) is 0 Å². The number of ether oxygens (including phenoxy) is 3. The van der Waals surface area contributed by atoms with Crippen LogP contribution in [0.5, 0.6) is 0 Å². The molecular weight excluding hydrogens is 312 g/mol. The van der Waals surface area contributed by atoms with Gasteiger partial charge in [-0.05, 0) is 36.5 Å². The number of esters is 1. The van der Waals surface area contributed by atoms with E-state index in [2.05, 4.69) is 15.9 Å². The Kier molecular flexibility index (Phi) is 1.41. The fraction of sp³-hybridized carbons (Fsp3) is 0.929. The Morgan fingerprint density at radius 2 is 1.74 bits per heavy atom. The molecule has 0 radical (unpaired) electrons. The van der Waals surface area contributed by atoms with Gasteiger partial charge in [0.1, 0.15) is 0 Å². The van der Waals surface area contributed by atoms with Gasteiger partial charge in [0.2, 0.25) is 0 Å². The second-order valence-electron chi connectivity index (χ2n) is 6.94. The number of halogens is 1. The maximum Gasteiger partial charge on any atom is 0.312 e. The Morgan fingerprint density at radius 3 is 2.32 bits per heavy atom. The molecule has 0 amide bonds. The van der Waals surface area contributed by atoms with Gasteiger partial charge < -0.3 is 14.2 Å². The summed E-state index contributed by atoms with van der Waals surface area (Å²) in [5.41, 5.74) is -0.133. The summed E-state index contributed by atoms with van der Waals surface area (Å²) in [4.78, 5) is 12.4. The van der Waals surface area contributed by atoms with Crippen molar-refractivity contribution in [3.8, 4) is 0 Å². The zero-order valence-electron chi connectivity index (χ0n) is 10.6. The Bertz CT molecular complexity index is 520. The third-order valence-corrected chi connectivity index (χ3v) is 8.87. The first-order valence-corrected chi connectivity index (χ1v) is 8.10. The van der Waals surface area contributed by atoms with E-state index in [1.54, 1.807) is 0 Å². The molecule has 102 valence electrons. The molecule has 4 nitrogen and oxygen atoms in total. The number of hydrogen-bond donors (Lipinski definition) is 0. The summed E-state index contributed by atoms with van der Waals surface area (Å²) in [7, 11) is 0. The van der Waals surface area contributed by atoms with Crippen LogP contribution in [0, 0.1) is 40.9 Å². The summed E-state index contributed by atoms with van der Waals surface area (Å²) in [6, 6.07) is 0. The average molecular weight is 327 g/mol. The lowest BCUT2D eigenvalue weighted by Crippen LogP contribution is -2.94. The molecule has 0 N–H and O–H groups in total. The summed E-state index contributed by atoms with van der Waals surface area (Å²) < 4.78 is 17.5. The van der Waals surface area contributed by atoms with Crippen molar-refractivity contribution in [2.24, 2.45) is 40.9 Å². The Morgan fingerprint density at radius 1 is 1.16 bits per heavy atom. The molecule has 7 rings (SSSR count). The predicted molar refractivity (Wildman–Crippen MR) is 66.3 cm³/mol. The number of carbonyl (C=O) groups is 1. The molecule has 7 aliphatic rings. The highest BCUT2D eigenvalue weighted by atomic mass is 79.9. The fourth-order valence-corrected chi connectivity index (χ4v) is 8.91. The molecule has 0 aromatic heterocycles. The van der Waals surface area contributed by atoms with Crippen molar-refractivity contribution in [1.29, 1.82) is 0 Å². The van der Waals surface area contributed by atoms with Crippen LogP contribution in [-0.4, -0.2) is 35.9 Å². The van der Waals surface area contributed by atoms with E-state index in [-0.39, 0.29) is 15.7 Å². The number of rotatable bonds is 2. The molecule has 1 heterocycles. The smallest absolute Gasteiger partial charge is 0.312 e. The number of alkyl halides is 1. The van der Waals surface area contributed by atoms with Gasteiger partial charge in [-0.3, -0.25) is 4.79 Å². The molecule has 1 spiro atoms. The second kappa shape index (κ2) is 2.53. The molecule has 19 heavy (non-hydrogen) atoms. The minimum Gasteiger partial charge on any atom is -0.466 e. The van der Waals surface area contributed by atoms with Crippen LogP contribution in [-0.2, 0) is 19.0 Å². The zero-order chi connectivity index (χ0) is 12.8. The van der Waals surface area contributed by atoms with Crippen molar-refractivity contribution in [3.63, 3.8) is 0 Å². The van der Waals surface area contributed by atoms with Crippen molar-refractivity contribution >= 4 is 21.9 Å². The van der Waals surface area contributed by atoms with Gasteiger partial charge >= 0.3 is 5.97 Å². The standard InChI is InChI=1S/C14H15BrO4/c1-2-17-11(16)12-5-8-6(12)10-7(12)9(5)13(8,15)14(10)18-3-4-19-14/h5-10H,2-4H2,1H3/t5?,6-,7+,8-,9-,10?,12?,13?/m1/s1. The van der Waals surface area contributed by atoms with E-state index in [1.807, 2.05) is 6.92 Å². The molecule has 0 aromatic carbocycles. The Labute approximate surface area is 119 Å². The van der Waals surface area contributed by atoms with Gasteiger partial charge in [0.05, 0.1) is 29.6 Å². The lowest BCUT2D eigenvalue weighted by Gasteiger charge is -2.89. The normalized spacial score (nSPS) is 66.8. The molecule has 6 saturated carbocycles. The summed E-state index contributed by atoms with van der Waals surface area (Å²) in [6.07, 6.45) is 0. The van der Waals surface area contributed by atoms with Crippen molar-refractivity contribution in [2.75, 3.05) is 19.8 Å². The third-order valence-electron chi connectivity index (χ3n) is 7.26. The van der Waals surface area contributed by atoms with Crippen molar-refractivity contribution in [3.05, 3.63) is 0 Å². The maximum atomic E-state index is 12.4. The van der Waals surface area contributed by atoms with E-state index in [0.29, 0.717) is 55.3 Å².